The van der Waals surface area contributed by atoms with Crippen LogP contribution in [0.4, 0.5) is 9.59 Å². The van der Waals surface area contributed by atoms with E-state index in [1.807, 2.05) is 13.8 Å². The summed E-state index contributed by atoms with van der Waals surface area (Å²) >= 11 is 0. The molecule has 0 spiro atoms. The lowest BCUT2D eigenvalue weighted by atomic mass is 9.95. The Bertz CT molecular complexity index is 315. The maximum absolute atomic E-state index is 11.5. The summed E-state index contributed by atoms with van der Waals surface area (Å²) in [7, 11) is 0. The summed E-state index contributed by atoms with van der Waals surface area (Å²) < 4.78 is 20.1. The zero-order chi connectivity index (χ0) is 15.0. The van der Waals surface area contributed by atoms with Gasteiger partial charge in [0.05, 0.1) is 13.2 Å². The number of rotatable bonds is 5. The van der Waals surface area contributed by atoms with Gasteiger partial charge in [-0.15, -0.1) is 0 Å². The molecular formula is C14H24O6. The molecular weight excluding hydrogens is 264 g/mol. The molecule has 0 aromatic heterocycles. The molecule has 0 radical (unpaired) electrons. The maximum atomic E-state index is 11.5. The van der Waals surface area contributed by atoms with Gasteiger partial charge in [0.1, 0.15) is 12.2 Å². The van der Waals surface area contributed by atoms with E-state index in [4.69, 9.17) is 18.9 Å². The lowest BCUT2D eigenvalue weighted by molar-refractivity contribution is -0.0355. The van der Waals surface area contributed by atoms with Gasteiger partial charge in [-0.25, -0.2) is 9.59 Å². The molecule has 116 valence electrons. The maximum Gasteiger partial charge on any atom is 0.508 e. The SMILES string of the molecule is CCOC(=O)OC1CCCC(OC(=O)OCC(C)C)C1. The monoisotopic (exact) mass is 288 g/mol. The quantitative estimate of drug-likeness (QED) is 0.723. The van der Waals surface area contributed by atoms with Crippen LogP contribution in [0.3, 0.4) is 0 Å². The van der Waals surface area contributed by atoms with Gasteiger partial charge in [-0.05, 0) is 32.1 Å². The molecule has 0 saturated heterocycles. The molecule has 1 aliphatic carbocycles. The summed E-state index contributed by atoms with van der Waals surface area (Å²) in [6, 6.07) is 0. The molecule has 6 heteroatoms. The fraction of sp³-hybridized carbons (Fsp3) is 0.857. The number of ether oxygens (including phenoxy) is 4. The Labute approximate surface area is 119 Å². The van der Waals surface area contributed by atoms with Crippen molar-refractivity contribution >= 4 is 12.3 Å². The van der Waals surface area contributed by atoms with Crippen molar-refractivity contribution in [2.45, 2.75) is 58.7 Å². The van der Waals surface area contributed by atoms with Gasteiger partial charge in [-0.2, -0.15) is 0 Å². The van der Waals surface area contributed by atoms with E-state index in [9.17, 15) is 9.59 Å². The molecule has 1 fully saturated rings. The number of hydrogen-bond donors (Lipinski definition) is 0. The van der Waals surface area contributed by atoms with Gasteiger partial charge in [-0.3, -0.25) is 0 Å². The highest BCUT2D eigenvalue weighted by atomic mass is 16.7. The number of hydrogen-bond acceptors (Lipinski definition) is 6. The van der Waals surface area contributed by atoms with Crippen molar-refractivity contribution in [3.05, 3.63) is 0 Å². The van der Waals surface area contributed by atoms with E-state index in [-0.39, 0.29) is 24.7 Å². The van der Waals surface area contributed by atoms with Crippen molar-refractivity contribution in [1.82, 2.24) is 0 Å². The van der Waals surface area contributed by atoms with Crippen molar-refractivity contribution in [2.75, 3.05) is 13.2 Å². The van der Waals surface area contributed by atoms with Gasteiger partial charge in [0.15, 0.2) is 0 Å². The fourth-order valence-corrected chi connectivity index (χ4v) is 2.01. The number of carbonyl (C=O) groups is 2. The van der Waals surface area contributed by atoms with E-state index >= 15 is 0 Å². The Morgan fingerprint density at radius 2 is 1.60 bits per heavy atom. The van der Waals surface area contributed by atoms with Crippen molar-refractivity contribution < 1.29 is 28.5 Å². The minimum Gasteiger partial charge on any atom is -0.435 e. The summed E-state index contributed by atoms with van der Waals surface area (Å²) in [5.41, 5.74) is 0. The molecule has 0 bridgehead atoms. The third-order valence-corrected chi connectivity index (χ3v) is 2.90. The van der Waals surface area contributed by atoms with Crippen LogP contribution >= 0.6 is 0 Å². The average Bonchev–Trinajstić information content (AvgIpc) is 2.37. The van der Waals surface area contributed by atoms with Crippen LogP contribution in [0, 0.1) is 5.92 Å². The van der Waals surface area contributed by atoms with Crippen molar-refractivity contribution in [2.24, 2.45) is 5.92 Å². The second kappa shape index (κ2) is 8.66. The van der Waals surface area contributed by atoms with E-state index in [0.29, 0.717) is 13.0 Å². The molecule has 0 heterocycles. The highest BCUT2D eigenvalue weighted by molar-refractivity contribution is 5.60. The molecule has 2 unspecified atom stereocenters. The molecule has 0 amide bonds. The van der Waals surface area contributed by atoms with Gasteiger partial charge < -0.3 is 18.9 Å². The van der Waals surface area contributed by atoms with Crippen LogP contribution in [0.5, 0.6) is 0 Å². The van der Waals surface area contributed by atoms with E-state index in [1.54, 1.807) is 6.92 Å². The molecule has 0 aromatic rings. The Hall–Kier alpha value is -1.46. The third-order valence-electron chi connectivity index (χ3n) is 2.90. The molecule has 0 aliphatic heterocycles. The minimum absolute atomic E-state index is 0.259. The summed E-state index contributed by atoms with van der Waals surface area (Å²) in [4.78, 5) is 22.7. The second-order valence-electron chi connectivity index (χ2n) is 5.28. The van der Waals surface area contributed by atoms with E-state index in [0.717, 1.165) is 19.3 Å². The normalized spacial score (nSPS) is 22.2. The predicted molar refractivity (Wildman–Crippen MR) is 71.4 cm³/mol. The first-order valence-corrected chi connectivity index (χ1v) is 7.18. The average molecular weight is 288 g/mol. The third kappa shape index (κ3) is 6.63. The Balaban J connectivity index is 2.29. The zero-order valence-corrected chi connectivity index (χ0v) is 12.4. The van der Waals surface area contributed by atoms with Crippen LogP contribution in [-0.2, 0) is 18.9 Å². The van der Waals surface area contributed by atoms with Crippen LogP contribution in [0.1, 0.15) is 46.5 Å². The van der Waals surface area contributed by atoms with Crippen LogP contribution in [0.2, 0.25) is 0 Å². The van der Waals surface area contributed by atoms with Crippen molar-refractivity contribution in [3.63, 3.8) is 0 Å². The molecule has 20 heavy (non-hydrogen) atoms. The van der Waals surface area contributed by atoms with Crippen LogP contribution < -0.4 is 0 Å². The summed E-state index contributed by atoms with van der Waals surface area (Å²) in [6.45, 7) is 6.26. The lowest BCUT2D eigenvalue weighted by Crippen LogP contribution is -2.32. The second-order valence-corrected chi connectivity index (χ2v) is 5.28. The fourth-order valence-electron chi connectivity index (χ4n) is 2.01. The van der Waals surface area contributed by atoms with Gasteiger partial charge in [0.25, 0.3) is 0 Å². The molecule has 0 aromatic carbocycles. The van der Waals surface area contributed by atoms with Crippen LogP contribution in [0.25, 0.3) is 0 Å². The summed E-state index contributed by atoms with van der Waals surface area (Å²) in [5, 5.41) is 0. The topological polar surface area (TPSA) is 71.1 Å². The van der Waals surface area contributed by atoms with Crippen LogP contribution in [0.15, 0.2) is 0 Å². The first kappa shape index (κ1) is 16.6. The molecule has 2 atom stereocenters. The molecule has 6 nitrogen and oxygen atoms in total. The smallest absolute Gasteiger partial charge is 0.435 e. The van der Waals surface area contributed by atoms with Gasteiger partial charge in [0, 0.05) is 6.42 Å². The van der Waals surface area contributed by atoms with Gasteiger partial charge >= 0.3 is 12.3 Å². The Kier molecular flexibility index (Phi) is 7.18. The van der Waals surface area contributed by atoms with Crippen molar-refractivity contribution in [1.29, 1.82) is 0 Å². The summed E-state index contributed by atoms with van der Waals surface area (Å²) in [5.74, 6) is 0.272. The Morgan fingerprint density at radius 1 is 1.05 bits per heavy atom. The molecule has 1 aliphatic rings. The van der Waals surface area contributed by atoms with Crippen molar-refractivity contribution in [3.8, 4) is 0 Å². The minimum atomic E-state index is -0.666. The van der Waals surface area contributed by atoms with E-state index < -0.39 is 12.3 Å². The standard InChI is InChI=1S/C14H24O6/c1-4-17-13(15)19-11-6-5-7-12(8-11)20-14(16)18-9-10(2)3/h10-12H,4-9H2,1-3H3. The van der Waals surface area contributed by atoms with Gasteiger partial charge in [0.2, 0.25) is 0 Å². The highest BCUT2D eigenvalue weighted by Gasteiger charge is 2.28. The van der Waals surface area contributed by atoms with E-state index in [2.05, 4.69) is 0 Å². The van der Waals surface area contributed by atoms with E-state index in [1.165, 1.54) is 0 Å². The molecule has 1 saturated carbocycles. The van der Waals surface area contributed by atoms with Crippen LogP contribution in [-0.4, -0.2) is 37.7 Å². The molecule has 1 rings (SSSR count). The van der Waals surface area contributed by atoms with Gasteiger partial charge in [-0.1, -0.05) is 13.8 Å². The first-order chi connectivity index (χ1) is 9.51. The number of carbonyl (C=O) groups excluding carboxylic acids is 2. The Morgan fingerprint density at radius 3 is 2.10 bits per heavy atom. The highest BCUT2D eigenvalue weighted by Crippen LogP contribution is 2.24. The zero-order valence-electron chi connectivity index (χ0n) is 12.4. The largest absolute Gasteiger partial charge is 0.508 e. The summed E-state index contributed by atoms with van der Waals surface area (Å²) in [6.07, 6.45) is 1.02. The first-order valence-electron chi connectivity index (χ1n) is 7.18. The molecule has 0 N–H and O–H groups in total. The predicted octanol–water partition coefficient (Wildman–Crippen LogP) is 3.28. The lowest BCUT2D eigenvalue weighted by Gasteiger charge is -2.28.